The van der Waals surface area contributed by atoms with Crippen LogP contribution in [-0.4, -0.2) is 38.2 Å². The van der Waals surface area contributed by atoms with Gasteiger partial charge in [0, 0.05) is 29.9 Å². The Labute approximate surface area is 204 Å². The SMILES string of the molecule is Cc1nonc1COc1ccccc1C(=O)N1C2CCC1CC(Cc1cncc3ccccc13)C2. The van der Waals surface area contributed by atoms with Crippen LogP contribution in [0.15, 0.2) is 65.6 Å². The van der Waals surface area contributed by atoms with E-state index in [1.807, 2.05) is 43.6 Å². The number of hydrogen-bond donors (Lipinski definition) is 0. The predicted octanol–water partition coefficient (Wildman–Crippen LogP) is 5.13. The molecule has 7 nitrogen and oxygen atoms in total. The number of aryl methyl sites for hydroxylation is 1. The molecule has 2 unspecified atom stereocenters. The fourth-order valence-electron chi connectivity index (χ4n) is 5.88. The van der Waals surface area contributed by atoms with E-state index in [9.17, 15) is 4.79 Å². The third-order valence-corrected chi connectivity index (χ3v) is 7.55. The van der Waals surface area contributed by atoms with Gasteiger partial charge in [-0.25, -0.2) is 4.63 Å². The van der Waals surface area contributed by atoms with Crippen LogP contribution >= 0.6 is 0 Å². The minimum atomic E-state index is 0.0633. The number of fused-ring (bicyclic) bond motifs is 3. The van der Waals surface area contributed by atoms with Crippen molar-refractivity contribution in [3.63, 3.8) is 0 Å². The standard InChI is InChI=1S/C28H28N4O3/c1-18-26(31-35-30-18)17-34-27-9-5-4-8-25(27)28(33)32-22-10-11-23(32)14-19(13-22)12-21-16-29-15-20-6-2-3-7-24(20)21/h2-9,15-16,19,22-23H,10-14,17H2,1H3. The number of hydrogen-bond acceptors (Lipinski definition) is 6. The molecule has 2 saturated heterocycles. The van der Waals surface area contributed by atoms with Gasteiger partial charge in [0.25, 0.3) is 5.91 Å². The number of amides is 1. The Hall–Kier alpha value is -3.74. The number of carbonyl (C=O) groups excluding carboxylic acids is 1. The molecule has 2 atom stereocenters. The number of rotatable bonds is 6. The van der Waals surface area contributed by atoms with Gasteiger partial charge in [0.15, 0.2) is 0 Å². The van der Waals surface area contributed by atoms with Gasteiger partial charge in [0.05, 0.1) is 5.56 Å². The van der Waals surface area contributed by atoms with Crippen molar-refractivity contribution >= 4 is 16.7 Å². The molecule has 2 aliphatic rings. The lowest BCUT2D eigenvalue weighted by Gasteiger charge is -2.39. The molecule has 4 heterocycles. The van der Waals surface area contributed by atoms with E-state index in [-0.39, 0.29) is 24.6 Å². The number of piperidine rings is 1. The molecule has 35 heavy (non-hydrogen) atoms. The van der Waals surface area contributed by atoms with Gasteiger partial charge in [-0.1, -0.05) is 46.7 Å². The molecule has 2 bridgehead atoms. The molecule has 2 aliphatic heterocycles. The molecule has 0 radical (unpaired) electrons. The van der Waals surface area contributed by atoms with Crippen LogP contribution in [0.4, 0.5) is 0 Å². The average Bonchev–Trinajstić information content (AvgIpc) is 3.42. The Kier molecular flexibility index (Phi) is 5.68. The summed E-state index contributed by atoms with van der Waals surface area (Å²) in [5.41, 5.74) is 3.24. The molecule has 7 heteroatoms. The summed E-state index contributed by atoms with van der Waals surface area (Å²) in [7, 11) is 0. The number of pyridine rings is 1. The van der Waals surface area contributed by atoms with E-state index in [0.717, 1.165) is 32.1 Å². The molecule has 1 amide bonds. The summed E-state index contributed by atoms with van der Waals surface area (Å²) >= 11 is 0. The van der Waals surface area contributed by atoms with Gasteiger partial charge >= 0.3 is 0 Å². The summed E-state index contributed by atoms with van der Waals surface area (Å²) in [6.07, 6.45) is 9.14. The largest absolute Gasteiger partial charge is 0.486 e. The minimum absolute atomic E-state index is 0.0633. The zero-order valence-electron chi connectivity index (χ0n) is 19.8. The number of nitrogens with zero attached hydrogens (tertiary/aromatic N) is 4. The summed E-state index contributed by atoms with van der Waals surface area (Å²) < 4.78 is 10.7. The molecule has 0 saturated carbocycles. The fourth-order valence-corrected chi connectivity index (χ4v) is 5.88. The summed E-state index contributed by atoms with van der Waals surface area (Å²) in [6.45, 7) is 2.04. The molecular weight excluding hydrogens is 440 g/mol. The maximum atomic E-state index is 13.7. The van der Waals surface area contributed by atoms with Crippen LogP contribution in [0.1, 0.15) is 53.0 Å². The van der Waals surface area contributed by atoms with Gasteiger partial charge in [-0.15, -0.1) is 0 Å². The number of para-hydroxylation sites is 1. The van der Waals surface area contributed by atoms with E-state index in [1.54, 1.807) is 0 Å². The van der Waals surface area contributed by atoms with Gasteiger partial charge in [-0.2, -0.15) is 0 Å². The molecule has 2 aromatic carbocycles. The summed E-state index contributed by atoms with van der Waals surface area (Å²) in [6, 6.07) is 16.5. The molecule has 0 spiro atoms. The van der Waals surface area contributed by atoms with Gasteiger partial charge in [0.1, 0.15) is 23.7 Å². The van der Waals surface area contributed by atoms with Crippen molar-refractivity contribution in [3.8, 4) is 5.75 Å². The van der Waals surface area contributed by atoms with E-state index in [2.05, 4.69) is 44.5 Å². The van der Waals surface area contributed by atoms with Crippen molar-refractivity contribution in [2.24, 2.45) is 5.92 Å². The maximum Gasteiger partial charge on any atom is 0.258 e. The first kappa shape index (κ1) is 21.8. The Morgan fingerprint density at radius 3 is 2.60 bits per heavy atom. The highest BCUT2D eigenvalue weighted by Crippen LogP contribution is 2.42. The highest BCUT2D eigenvalue weighted by molar-refractivity contribution is 5.97. The van der Waals surface area contributed by atoms with E-state index in [1.165, 1.54) is 16.3 Å². The van der Waals surface area contributed by atoms with E-state index < -0.39 is 0 Å². The second kappa shape index (κ2) is 9.13. The molecule has 0 N–H and O–H groups in total. The van der Waals surface area contributed by atoms with Crippen LogP contribution in [-0.2, 0) is 13.0 Å². The molecule has 2 aromatic heterocycles. The normalized spacial score (nSPS) is 21.4. The molecule has 2 fully saturated rings. The third-order valence-electron chi connectivity index (χ3n) is 7.55. The van der Waals surface area contributed by atoms with Crippen molar-refractivity contribution in [3.05, 3.63) is 83.4 Å². The van der Waals surface area contributed by atoms with E-state index in [4.69, 9.17) is 9.37 Å². The maximum absolute atomic E-state index is 13.7. The zero-order chi connectivity index (χ0) is 23.8. The van der Waals surface area contributed by atoms with Gasteiger partial charge in [0.2, 0.25) is 0 Å². The number of benzene rings is 2. The predicted molar refractivity (Wildman–Crippen MR) is 131 cm³/mol. The molecule has 4 aromatic rings. The lowest BCUT2D eigenvalue weighted by atomic mass is 9.85. The second-order valence-corrected chi connectivity index (χ2v) is 9.74. The topological polar surface area (TPSA) is 81.3 Å². The van der Waals surface area contributed by atoms with Crippen molar-refractivity contribution < 1.29 is 14.2 Å². The van der Waals surface area contributed by atoms with E-state index >= 15 is 0 Å². The summed E-state index contributed by atoms with van der Waals surface area (Å²) in [4.78, 5) is 20.3. The van der Waals surface area contributed by atoms with Crippen molar-refractivity contribution in [1.82, 2.24) is 20.2 Å². The van der Waals surface area contributed by atoms with Crippen LogP contribution in [0.5, 0.6) is 5.75 Å². The third kappa shape index (κ3) is 4.16. The van der Waals surface area contributed by atoms with Crippen molar-refractivity contribution in [2.45, 2.75) is 57.7 Å². The van der Waals surface area contributed by atoms with Gasteiger partial charge in [-0.3, -0.25) is 9.78 Å². The first-order valence-electron chi connectivity index (χ1n) is 12.3. The molecule has 0 aliphatic carbocycles. The van der Waals surface area contributed by atoms with Crippen molar-refractivity contribution in [2.75, 3.05) is 0 Å². The van der Waals surface area contributed by atoms with Crippen LogP contribution in [0.25, 0.3) is 10.8 Å². The lowest BCUT2D eigenvalue weighted by molar-refractivity contribution is 0.0520. The molecular formula is C28H28N4O3. The monoisotopic (exact) mass is 468 g/mol. The van der Waals surface area contributed by atoms with Crippen molar-refractivity contribution in [1.29, 1.82) is 0 Å². The minimum Gasteiger partial charge on any atom is -0.486 e. The molecule has 178 valence electrons. The number of ether oxygens (including phenoxy) is 1. The van der Waals surface area contributed by atoms with Gasteiger partial charge < -0.3 is 9.64 Å². The average molecular weight is 469 g/mol. The first-order valence-corrected chi connectivity index (χ1v) is 12.3. The van der Waals surface area contributed by atoms with Crippen LogP contribution in [0.3, 0.4) is 0 Å². The van der Waals surface area contributed by atoms with Gasteiger partial charge in [-0.05, 0) is 68.0 Å². The number of aromatic nitrogens is 3. The summed E-state index contributed by atoms with van der Waals surface area (Å²) in [5.74, 6) is 1.19. The Balaban J connectivity index is 1.18. The quantitative estimate of drug-likeness (QED) is 0.390. The van der Waals surface area contributed by atoms with Crippen LogP contribution in [0.2, 0.25) is 0 Å². The van der Waals surface area contributed by atoms with Crippen LogP contribution in [0, 0.1) is 12.8 Å². The Bertz CT molecular complexity index is 1350. The first-order chi connectivity index (χ1) is 17.2. The Morgan fingerprint density at radius 1 is 1.03 bits per heavy atom. The zero-order valence-corrected chi connectivity index (χ0v) is 19.8. The van der Waals surface area contributed by atoms with E-state index in [0.29, 0.717) is 28.6 Å². The molecule has 6 rings (SSSR count). The summed E-state index contributed by atoms with van der Waals surface area (Å²) in [5, 5.41) is 10.2. The second-order valence-electron chi connectivity index (χ2n) is 9.74. The van der Waals surface area contributed by atoms with Crippen LogP contribution < -0.4 is 4.74 Å². The Morgan fingerprint density at radius 2 is 1.80 bits per heavy atom. The number of carbonyl (C=O) groups is 1. The highest BCUT2D eigenvalue weighted by atomic mass is 16.6. The lowest BCUT2D eigenvalue weighted by Crippen LogP contribution is -2.47. The smallest absolute Gasteiger partial charge is 0.258 e. The highest BCUT2D eigenvalue weighted by Gasteiger charge is 2.43. The fraction of sp³-hybridized carbons (Fsp3) is 0.357.